The maximum atomic E-state index is 12.3. The van der Waals surface area contributed by atoms with Crippen molar-refractivity contribution >= 4 is 29.9 Å². The molecule has 0 unspecified atom stereocenters. The number of nitrogens with zero attached hydrogens (tertiary/aromatic N) is 1. The first-order chi connectivity index (χ1) is 11.0. The molecular formula is C17H26ClN3O3. The molecule has 1 aliphatic heterocycles. The zero-order valence-electron chi connectivity index (χ0n) is 14.4. The summed E-state index contributed by atoms with van der Waals surface area (Å²) in [7, 11) is 3.37. The van der Waals surface area contributed by atoms with Gasteiger partial charge in [-0.05, 0) is 38.4 Å². The van der Waals surface area contributed by atoms with Gasteiger partial charge in [-0.25, -0.2) is 0 Å². The van der Waals surface area contributed by atoms with E-state index in [2.05, 4.69) is 17.6 Å². The van der Waals surface area contributed by atoms with Gasteiger partial charge in [-0.15, -0.1) is 12.4 Å². The highest BCUT2D eigenvalue weighted by Crippen LogP contribution is 2.21. The summed E-state index contributed by atoms with van der Waals surface area (Å²) in [6, 6.07) is 7.50. The molecule has 2 amide bonds. The number of nitrogens with one attached hydrogen (secondary N) is 2. The first kappa shape index (κ1) is 20.3. The third-order valence-electron chi connectivity index (χ3n) is 3.96. The molecule has 0 aliphatic carbocycles. The Morgan fingerprint density at radius 1 is 1.38 bits per heavy atom. The number of rotatable bonds is 5. The largest absolute Gasteiger partial charge is 0.484 e. The van der Waals surface area contributed by atoms with Crippen LogP contribution in [0.25, 0.3) is 0 Å². The van der Waals surface area contributed by atoms with Gasteiger partial charge in [-0.2, -0.15) is 0 Å². The van der Waals surface area contributed by atoms with Crippen LogP contribution in [0.2, 0.25) is 0 Å². The third kappa shape index (κ3) is 6.02. The van der Waals surface area contributed by atoms with Crippen LogP contribution in [0.1, 0.15) is 19.8 Å². The number of carbonyl (C=O) groups excluding carboxylic acids is 2. The van der Waals surface area contributed by atoms with Crippen LogP contribution in [0, 0.1) is 5.92 Å². The number of amides is 2. The number of likely N-dealkylation sites (N-methyl/N-ethyl adjacent to an activating group) is 1. The van der Waals surface area contributed by atoms with Crippen molar-refractivity contribution < 1.29 is 14.3 Å². The number of halogens is 1. The molecule has 0 radical (unpaired) electrons. The summed E-state index contributed by atoms with van der Waals surface area (Å²) in [5, 5.41) is 6.28. The first-order valence-electron chi connectivity index (χ1n) is 7.93. The van der Waals surface area contributed by atoms with E-state index in [1.54, 1.807) is 32.3 Å². The van der Waals surface area contributed by atoms with Crippen molar-refractivity contribution in [2.75, 3.05) is 32.6 Å². The average Bonchev–Trinajstić information content (AvgIpc) is 2.52. The van der Waals surface area contributed by atoms with E-state index in [4.69, 9.17) is 4.74 Å². The number of benzene rings is 1. The quantitative estimate of drug-likeness (QED) is 0.846. The van der Waals surface area contributed by atoms with E-state index in [0.717, 1.165) is 19.4 Å². The van der Waals surface area contributed by atoms with E-state index in [9.17, 15) is 9.59 Å². The second-order valence-electron chi connectivity index (χ2n) is 6.17. The summed E-state index contributed by atoms with van der Waals surface area (Å²) < 4.78 is 5.46. The Kier molecular flexibility index (Phi) is 8.01. The second kappa shape index (κ2) is 9.49. The molecule has 2 N–H and O–H groups in total. The summed E-state index contributed by atoms with van der Waals surface area (Å²) in [5.41, 5.74) is 0.691. The highest BCUT2D eigenvalue weighted by molar-refractivity contribution is 5.92. The lowest BCUT2D eigenvalue weighted by Gasteiger charge is -2.27. The standard InChI is InChI=1S/C17H25N3O3.ClH/c1-12-9-13(7-8-18-12)17(22)19-14-5-4-6-15(10-14)23-11-16(21)20(2)3;/h4-6,10,12-13,18H,7-9,11H2,1-3H3,(H,19,22);1H/t12-,13-;/m0./s1. The number of ether oxygens (including phenoxy) is 1. The maximum Gasteiger partial charge on any atom is 0.259 e. The van der Waals surface area contributed by atoms with Crippen molar-refractivity contribution in [1.82, 2.24) is 10.2 Å². The van der Waals surface area contributed by atoms with Crippen LogP contribution in [0.15, 0.2) is 24.3 Å². The molecule has 0 spiro atoms. The van der Waals surface area contributed by atoms with Crippen molar-refractivity contribution in [2.24, 2.45) is 5.92 Å². The van der Waals surface area contributed by atoms with Crippen LogP contribution in [-0.2, 0) is 9.59 Å². The fraction of sp³-hybridized carbons (Fsp3) is 0.529. The van der Waals surface area contributed by atoms with Gasteiger partial charge in [0.1, 0.15) is 5.75 Å². The molecule has 1 aromatic rings. The predicted octanol–water partition coefficient (Wildman–Crippen LogP) is 1.90. The minimum atomic E-state index is -0.108. The fourth-order valence-corrected chi connectivity index (χ4v) is 2.55. The van der Waals surface area contributed by atoms with Gasteiger partial charge in [-0.3, -0.25) is 9.59 Å². The third-order valence-corrected chi connectivity index (χ3v) is 3.96. The number of anilines is 1. The fourth-order valence-electron chi connectivity index (χ4n) is 2.55. The van der Waals surface area contributed by atoms with Gasteiger partial charge < -0.3 is 20.3 Å². The highest BCUT2D eigenvalue weighted by atomic mass is 35.5. The molecule has 1 fully saturated rings. The average molecular weight is 356 g/mol. The lowest BCUT2D eigenvalue weighted by molar-refractivity contribution is -0.130. The van der Waals surface area contributed by atoms with Gasteiger partial charge in [0.25, 0.3) is 5.91 Å². The molecule has 2 rings (SSSR count). The summed E-state index contributed by atoms with van der Waals surface area (Å²) in [6.45, 7) is 2.95. The van der Waals surface area contributed by atoms with Gasteiger partial charge in [0.05, 0.1) is 0 Å². The van der Waals surface area contributed by atoms with Crippen LogP contribution < -0.4 is 15.4 Å². The zero-order valence-corrected chi connectivity index (χ0v) is 15.2. The molecule has 134 valence electrons. The van der Waals surface area contributed by atoms with Crippen molar-refractivity contribution in [2.45, 2.75) is 25.8 Å². The summed E-state index contributed by atoms with van der Waals surface area (Å²) >= 11 is 0. The number of hydrogen-bond donors (Lipinski definition) is 2. The van der Waals surface area contributed by atoms with Crippen LogP contribution in [0.5, 0.6) is 5.75 Å². The molecule has 24 heavy (non-hydrogen) atoms. The van der Waals surface area contributed by atoms with Crippen LogP contribution in [-0.4, -0.2) is 50.0 Å². The van der Waals surface area contributed by atoms with Gasteiger partial charge in [-0.1, -0.05) is 6.07 Å². The molecule has 0 saturated carbocycles. The van der Waals surface area contributed by atoms with Gasteiger partial charge in [0.15, 0.2) is 6.61 Å². The Morgan fingerprint density at radius 2 is 2.12 bits per heavy atom. The number of hydrogen-bond acceptors (Lipinski definition) is 4. The normalized spacial score (nSPS) is 19.8. The molecule has 0 aromatic heterocycles. The molecule has 2 atom stereocenters. The number of piperidine rings is 1. The second-order valence-corrected chi connectivity index (χ2v) is 6.17. The molecule has 1 aromatic carbocycles. The smallest absolute Gasteiger partial charge is 0.259 e. The molecular weight excluding hydrogens is 330 g/mol. The van der Waals surface area contributed by atoms with Crippen molar-refractivity contribution in [3.8, 4) is 5.75 Å². The van der Waals surface area contributed by atoms with Crippen molar-refractivity contribution in [3.05, 3.63) is 24.3 Å². The molecule has 7 heteroatoms. The summed E-state index contributed by atoms with van der Waals surface area (Å²) in [6.07, 6.45) is 1.70. The van der Waals surface area contributed by atoms with Crippen molar-refractivity contribution in [3.63, 3.8) is 0 Å². The van der Waals surface area contributed by atoms with Crippen molar-refractivity contribution in [1.29, 1.82) is 0 Å². The minimum Gasteiger partial charge on any atom is -0.484 e. The van der Waals surface area contributed by atoms with Crippen LogP contribution in [0.3, 0.4) is 0 Å². The first-order valence-corrected chi connectivity index (χ1v) is 7.93. The molecule has 0 bridgehead atoms. The topological polar surface area (TPSA) is 70.7 Å². The van der Waals surface area contributed by atoms with Gasteiger partial charge >= 0.3 is 0 Å². The molecule has 1 heterocycles. The monoisotopic (exact) mass is 355 g/mol. The van der Waals surface area contributed by atoms with Crippen LogP contribution >= 0.6 is 12.4 Å². The Labute approximate surface area is 149 Å². The zero-order chi connectivity index (χ0) is 16.8. The van der Waals surface area contributed by atoms with E-state index >= 15 is 0 Å². The summed E-state index contributed by atoms with van der Waals surface area (Å²) in [5.74, 6) is 0.533. The van der Waals surface area contributed by atoms with E-state index < -0.39 is 0 Å². The van der Waals surface area contributed by atoms with Crippen LogP contribution in [0.4, 0.5) is 5.69 Å². The van der Waals surface area contributed by atoms with Gasteiger partial charge in [0, 0.05) is 37.8 Å². The van der Waals surface area contributed by atoms with E-state index in [-0.39, 0.29) is 36.7 Å². The summed E-state index contributed by atoms with van der Waals surface area (Å²) in [4.78, 5) is 25.4. The Bertz CT molecular complexity index is 566. The van der Waals surface area contributed by atoms with Gasteiger partial charge in [0.2, 0.25) is 5.91 Å². The highest BCUT2D eigenvalue weighted by Gasteiger charge is 2.24. The molecule has 1 saturated heterocycles. The Balaban J connectivity index is 0.00000288. The molecule has 1 aliphatic rings. The number of carbonyl (C=O) groups is 2. The predicted molar refractivity (Wildman–Crippen MR) is 96.7 cm³/mol. The SMILES string of the molecule is C[C@H]1C[C@@H](C(=O)Nc2cccc(OCC(=O)N(C)C)c2)CCN1.Cl. The molecule has 6 nitrogen and oxygen atoms in total. The van der Waals surface area contributed by atoms with E-state index in [1.165, 1.54) is 4.90 Å². The minimum absolute atomic E-state index is 0. The Morgan fingerprint density at radius 3 is 2.79 bits per heavy atom. The lowest BCUT2D eigenvalue weighted by atomic mass is 9.92. The van der Waals surface area contributed by atoms with E-state index in [0.29, 0.717) is 17.5 Å². The Hall–Kier alpha value is -1.79. The van der Waals surface area contributed by atoms with E-state index in [1.807, 2.05) is 6.07 Å². The lowest BCUT2D eigenvalue weighted by Crippen LogP contribution is -2.40. The maximum absolute atomic E-state index is 12.3.